The Kier molecular flexibility index (Phi) is 6.39. The average Bonchev–Trinajstić information content (AvgIpc) is 2.54. The molecule has 0 unspecified atom stereocenters. The molecule has 1 amide bonds. The van der Waals surface area contributed by atoms with Crippen LogP contribution < -0.4 is 14.4 Å². The molecule has 0 saturated carbocycles. The summed E-state index contributed by atoms with van der Waals surface area (Å²) in [7, 11) is -2.23. The molecule has 9 heteroatoms. The second-order valence-electron chi connectivity index (χ2n) is 5.62. The number of anilines is 2. The van der Waals surface area contributed by atoms with Crippen LogP contribution in [0.15, 0.2) is 36.4 Å². The molecular formula is C17H18Cl2N2O4S. The number of amides is 1. The minimum Gasteiger partial charge on any atom is -0.495 e. The second-order valence-corrected chi connectivity index (χ2v) is 8.34. The van der Waals surface area contributed by atoms with Crippen molar-refractivity contribution >= 4 is 50.5 Å². The van der Waals surface area contributed by atoms with Gasteiger partial charge < -0.3 is 10.1 Å². The number of nitrogens with one attached hydrogen (secondary N) is 1. The highest BCUT2D eigenvalue weighted by Crippen LogP contribution is 2.29. The van der Waals surface area contributed by atoms with Crippen molar-refractivity contribution in [1.82, 2.24) is 0 Å². The van der Waals surface area contributed by atoms with Crippen LogP contribution in [0.1, 0.15) is 5.56 Å². The molecule has 0 aliphatic heterocycles. The maximum absolute atomic E-state index is 12.4. The largest absolute Gasteiger partial charge is 0.495 e. The minimum absolute atomic E-state index is 0.193. The molecule has 0 aliphatic rings. The molecule has 0 aromatic heterocycles. The molecule has 26 heavy (non-hydrogen) atoms. The Morgan fingerprint density at radius 2 is 1.85 bits per heavy atom. The fourth-order valence-corrected chi connectivity index (χ4v) is 3.42. The number of carbonyl (C=O) groups excluding carboxylic acids is 1. The van der Waals surface area contributed by atoms with Gasteiger partial charge in [-0.3, -0.25) is 9.10 Å². The molecular weight excluding hydrogens is 399 g/mol. The zero-order valence-electron chi connectivity index (χ0n) is 14.4. The first-order chi connectivity index (χ1) is 12.1. The van der Waals surface area contributed by atoms with E-state index >= 15 is 0 Å². The fraction of sp³-hybridized carbons (Fsp3) is 0.235. The van der Waals surface area contributed by atoms with Gasteiger partial charge in [-0.15, -0.1) is 0 Å². The number of hydrogen-bond donors (Lipinski definition) is 1. The summed E-state index contributed by atoms with van der Waals surface area (Å²) in [6.45, 7) is 1.45. The highest BCUT2D eigenvalue weighted by molar-refractivity contribution is 7.92. The van der Waals surface area contributed by atoms with Crippen LogP contribution in [0.5, 0.6) is 5.75 Å². The van der Waals surface area contributed by atoms with Crippen LogP contribution in [0.2, 0.25) is 10.0 Å². The molecule has 0 aliphatic carbocycles. The lowest BCUT2D eigenvalue weighted by Gasteiger charge is -2.22. The summed E-state index contributed by atoms with van der Waals surface area (Å²) in [6, 6.07) is 9.64. The average molecular weight is 417 g/mol. The van der Waals surface area contributed by atoms with E-state index in [0.29, 0.717) is 11.4 Å². The summed E-state index contributed by atoms with van der Waals surface area (Å²) in [4.78, 5) is 12.4. The van der Waals surface area contributed by atoms with Crippen molar-refractivity contribution in [2.75, 3.05) is 29.5 Å². The summed E-state index contributed by atoms with van der Waals surface area (Å²) in [5.41, 5.74) is 1.62. The molecule has 0 bridgehead atoms. The zero-order valence-corrected chi connectivity index (χ0v) is 16.7. The van der Waals surface area contributed by atoms with Gasteiger partial charge in [0.2, 0.25) is 15.9 Å². The number of ether oxygens (including phenoxy) is 1. The number of benzene rings is 2. The van der Waals surface area contributed by atoms with E-state index in [9.17, 15) is 13.2 Å². The molecule has 0 heterocycles. The van der Waals surface area contributed by atoms with Crippen LogP contribution in [0, 0.1) is 6.92 Å². The standard InChI is InChI=1S/C17H18Cl2N2O4S/c1-11-4-7-16(25-2)15(8-11)20-17(22)10-21(26(3,23)24)12-5-6-13(18)14(19)9-12/h4-9H,10H2,1-3H3,(H,20,22). The second kappa shape index (κ2) is 8.16. The topological polar surface area (TPSA) is 75.7 Å². The molecule has 0 spiro atoms. The monoisotopic (exact) mass is 416 g/mol. The third-order valence-electron chi connectivity index (χ3n) is 3.51. The van der Waals surface area contributed by atoms with Crippen molar-refractivity contribution in [2.24, 2.45) is 0 Å². The van der Waals surface area contributed by atoms with Crippen molar-refractivity contribution in [3.63, 3.8) is 0 Å². The van der Waals surface area contributed by atoms with E-state index in [4.69, 9.17) is 27.9 Å². The molecule has 0 saturated heterocycles. The van der Waals surface area contributed by atoms with Crippen molar-refractivity contribution in [2.45, 2.75) is 6.92 Å². The molecule has 2 aromatic rings. The van der Waals surface area contributed by atoms with E-state index in [1.54, 1.807) is 12.1 Å². The van der Waals surface area contributed by atoms with Crippen LogP contribution in [-0.4, -0.2) is 34.2 Å². The fourth-order valence-electron chi connectivity index (χ4n) is 2.28. The van der Waals surface area contributed by atoms with Crippen LogP contribution >= 0.6 is 23.2 Å². The summed E-state index contributed by atoms with van der Waals surface area (Å²) in [5, 5.41) is 3.15. The Labute approximate surface area is 162 Å². The predicted octanol–water partition coefficient (Wildman–Crippen LogP) is 3.72. The molecule has 0 radical (unpaired) electrons. The normalized spacial score (nSPS) is 11.1. The number of halogens is 2. The smallest absolute Gasteiger partial charge is 0.245 e. The summed E-state index contributed by atoms with van der Waals surface area (Å²) in [6.07, 6.45) is 1.01. The van der Waals surface area contributed by atoms with E-state index in [2.05, 4.69) is 5.32 Å². The Bertz CT molecular complexity index is 932. The highest BCUT2D eigenvalue weighted by Gasteiger charge is 2.22. The predicted molar refractivity (Wildman–Crippen MR) is 105 cm³/mol. The number of carbonyl (C=O) groups is 1. The van der Waals surface area contributed by atoms with Gasteiger partial charge in [-0.25, -0.2) is 8.42 Å². The van der Waals surface area contributed by atoms with Crippen molar-refractivity contribution in [1.29, 1.82) is 0 Å². The number of aryl methyl sites for hydroxylation is 1. The van der Waals surface area contributed by atoms with Gasteiger partial charge in [-0.2, -0.15) is 0 Å². The van der Waals surface area contributed by atoms with E-state index in [1.807, 2.05) is 13.0 Å². The Morgan fingerprint density at radius 3 is 2.42 bits per heavy atom. The van der Waals surface area contributed by atoms with Crippen LogP contribution in [0.3, 0.4) is 0 Å². The summed E-state index contributed by atoms with van der Waals surface area (Å²) in [5.74, 6) is -0.0465. The van der Waals surface area contributed by atoms with Gasteiger partial charge in [0.25, 0.3) is 0 Å². The third kappa shape index (κ3) is 5.03. The third-order valence-corrected chi connectivity index (χ3v) is 5.39. The lowest BCUT2D eigenvalue weighted by molar-refractivity contribution is -0.114. The van der Waals surface area contributed by atoms with Gasteiger partial charge >= 0.3 is 0 Å². The lowest BCUT2D eigenvalue weighted by Crippen LogP contribution is -2.37. The Hall–Kier alpha value is -1.96. The lowest BCUT2D eigenvalue weighted by atomic mass is 10.2. The first kappa shape index (κ1) is 20.4. The van der Waals surface area contributed by atoms with Crippen LogP contribution in [0.4, 0.5) is 11.4 Å². The molecule has 140 valence electrons. The summed E-state index contributed by atoms with van der Waals surface area (Å²) < 4.78 is 30.4. The molecule has 2 rings (SSSR count). The van der Waals surface area contributed by atoms with Gasteiger partial charge in [0, 0.05) is 0 Å². The van der Waals surface area contributed by atoms with Gasteiger partial charge in [-0.1, -0.05) is 29.3 Å². The minimum atomic E-state index is -3.72. The Morgan fingerprint density at radius 1 is 1.15 bits per heavy atom. The SMILES string of the molecule is COc1ccc(C)cc1NC(=O)CN(c1ccc(Cl)c(Cl)c1)S(C)(=O)=O. The van der Waals surface area contributed by atoms with Gasteiger partial charge in [0.15, 0.2) is 0 Å². The van der Waals surface area contributed by atoms with Gasteiger partial charge in [0.05, 0.1) is 34.8 Å². The first-order valence-corrected chi connectivity index (χ1v) is 10.1. The zero-order chi connectivity index (χ0) is 19.5. The molecule has 0 atom stereocenters. The van der Waals surface area contributed by atoms with Crippen molar-refractivity contribution in [3.8, 4) is 5.75 Å². The molecule has 2 aromatic carbocycles. The summed E-state index contributed by atoms with van der Waals surface area (Å²) >= 11 is 11.8. The van der Waals surface area contributed by atoms with Crippen molar-refractivity contribution in [3.05, 3.63) is 52.0 Å². The maximum atomic E-state index is 12.4. The van der Waals surface area contributed by atoms with E-state index in [1.165, 1.54) is 25.3 Å². The maximum Gasteiger partial charge on any atom is 0.245 e. The van der Waals surface area contributed by atoms with Crippen LogP contribution in [-0.2, 0) is 14.8 Å². The molecule has 0 fully saturated rings. The van der Waals surface area contributed by atoms with Gasteiger partial charge in [0.1, 0.15) is 12.3 Å². The highest BCUT2D eigenvalue weighted by atomic mass is 35.5. The number of methoxy groups -OCH3 is 1. The van der Waals surface area contributed by atoms with E-state index in [-0.39, 0.29) is 15.7 Å². The number of sulfonamides is 1. The van der Waals surface area contributed by atoms with Crippen LogP contribution in [0.25, 0.3) is 0 Å². The van der Waals surface area contributed by atoms with E-state index in [0.717, 1.165) is 16.1 Å². The Balaban J connectivity index is 2.28. The number of nitrogens with zero attached hydrogens (tertiary/aromatic N) is 1. The van der Waals surface area contributed by atoms with E-state index < -0.39 is 22.5 Å². The molecule has 1 N–H and O–H groups in total. The first-order valence-electron chi connectivity index (χ1n) is 7.49. The quantitative estimate of drug-likeness (QED) is 0.778. The van der Waals surface area contributed by atoms with Crippen molar-refractivity contribution < 1.29 is 17.9 Å². The number of rotatable bonds is 6. The van der Waals surface area contributed by atoms with Gasteiger partial charge in [-0.05, 0) is 42.8 Å². The molecule has 6 nitrogen and oxygen atoms in total. The number of hydrogen-bond acceptors (Lipinski definition) is 4.